The molecule has 0 saturated carbocycles. The Hall–Kier alpha value is -3.66. The second-order valence-electron chi connectivity index (χ2n) is 6.38. The minimum absolute atomic E-state index is 0.0298. The van der Waals surface area contributed by atoms with Crippen molar-refractivity contribution < 1.29 is 18.1 Å². The van der Waals surface area contributed by atoms with Crippen molar-refractivity contribution in [3.8, 4) is 17.1 Å². The normalized spacial score (nSPS) is 11.5. The van der Waals surface area contributed by atoms with Gasteiger partial charge in [-0.1, -0.05) is 48.5 Å². The van der Waals surface area contributed by atoms with Gasteiger partial charge in [-0.2, -0.15) is 13.2 Å². The Labute approximate surface area is 178 Å². The van der Waals surface area contributed by atoms with Crippen LogP contribution in [0.25, 0.3) is 17.1 Å². The minimum atomic E-state index is -4.68. The van der Waals surface area contributed by atoms with Crippen molar-refractivity contribution in [2.24, 2.45) is 0 Å². The molecule has 4 rings (SSSR count). The van der Waals surface area contributed by atoms with E-state index in [1.165, 1.54) is 0 Å². The van der Waals surface area contributed by atoms with Gasteiger partial charge in [-0.3, -0.25) is 14.7 Å². The van der Waals surface area contributed by atoms with Gasteiger partial charge in [-0.25, -0.2) is 0 Å². The second-order valence-corrected chi connectivity index (χ2v) is 7.39. The average Bonchev–Trinajstić information content (AvgIpc) is 3.18. The van der Waals surface area contributed by atoms with Crippen molar-refractivity contribution >= 4 is 17.4 Å². The van der Waals surface area contributed by atoms with Gasteiger partial charge in [0.15, 0.2) is 5.82 Å². The highest BCUT2D eigenvalue weighted by Gasteiger charge is 2.33. The second kappa shape index (κ2) is 8.23. The van der Waals surface area contributed by atoms with E-state index < -0.39 is 22.4 Å². The third-order valence-corrected chi connectivity index (χ3v) is 5.38. The van der Waals surface area contributed by atoms with E-state index in [-0.39, 0.29) is 10.1 Å². The Morgan fingerprint density at radius 1 is 0.903 bits per heavy atom. The van der Waals surface area contributed by atoms with E-state index in [1.807, 2.05) is 60.7 Å². The molecule has 0 atom stereocenters. The Morgan fingerprint density at radius 3 is 2.16 bits per heavy atom. The van der Waals surface area contributed by atoms with Gasteiger partial charge in [0.25, 0.3) is 5.69 Å². The number of halogens is 3. The van der Waals surface area contributed by atoms with Crippen LogP contribution in [0.5, 0.6) is 0 Å². The quantitative estimate of drug-likeness (QED) is 0.279. The summed E-state index contributed by atoms with van der Waals surface area (Å²) in [4.78, 5) is 10.7. The first-order valence-electron chi connectivity index (χ1n) is 8.94. The van der Waals surface area contributed by atoms with Crippen LogP contribution < -0.4 is 0 Å². The van der Waals surface area contributed by atoms with E-state index in [1.54, 1.807) is 4.57 Å². The van der Waals surface area contributed by atoms with E-state index in [0.29, 0.717) is 17.6 Å². The van der Waals surface area contributed by atoms with Crippen molar-refractivity contribution in [2.75, 3.05) is 0 Å². The molecular weight excluding hydrogens is 429 g/mol. The average molecular weight is 442 g/mol. The van der Waals surface area contributed by atoms with Crippen molar-refractivity contribution in [2.45, 2.75) is 16.2 Å². The maximum Gasteiger partial charge on any atom is 0.416 e. The topological polar surface area (TPSA) is 73.8 Å². The van der Waals surface area contributed by atoms with Crippen LogP contribution in [0.1, 0.15) is 5.56 Å². The maximum absolute atomic E-state index is 13.0. The molecule has 0 N–H and O–H groups in total. The molecule has 0 spiro atoms. The number of hydrogen-bond donors (Lipinski definition) is 0. The summed E-state index contributed by atoms with van der Waals surface area (Å²) < 4.78 is 40.7. The van der Waals surface area contributed by atoms with E-state index in [2.05, 4.69) is 10.2 Å². The first kappa shape index (κ1) is 20.6. The molecule has 1 heterocycles. The van der Waals surface area contributed by atoms with Gasteiger partial charge in [0.05, 0.1) is 15.4 Å². The molecular formula is C21H13F3N4O2S. The van der Waals surface area contributed by atoms with Crippen molar-refractivity contribution in [1.82, 2.24) is 14.8 Å². The number of benzene rings is 3. The lowest BCUT2D eigenvalue weighted by atomic mass is 10.2. The van der Waals surface area contributed by atoms with Crippen molar-refractivity contribution in [3.63, 3.8) is 0 Å². The molecule has 10 heteroatoms. The molecule has 1 aromatic heterocycles. The molecule has 0 aliphatic rings. The number of nitrogens with zero attached hydrogens (tertiary/aromatic N) is 4. The first-order chi connectivity index (χ1) is 14.8. The van der Waals surface area contributed by atoms with E-state index in [0.717, 1.165) is 29.5 Å². The fourth-order valence-corrected chi connectivity index (χ4v) is 3.88. The fourth-order valence-electron chi connectivity index (χ4n) is 2.94. The molecule has 3 aromatic carbocycles. The standard InChI is InChI=1S/C21H13F3N4O2S/c22-21(23,24)15-11-12-18(17(13-15)28(29)30)31-20-26-25-19(14-7-3-1-4-8-14)27(20)16-9-5-2-6-10-16/h1-13H. The lowest BCUT2D eigenvalue weighted by molar-refractivity contribution is -0.388. The van der Waals surface area contributed by atoms with Crippen LogP contribution in [0, 0.1) is 10.1 Å². The third kappa shape index (κ3) is 4.29. The van der Waals surface area contributed by atoms with E-state index >= 15 is 0 Å². The largest absolute Gasteiger partial charge is 0.416 e. The maximum atomic E-state index is 13.0. The van der Waals surface area contributed by atoms with Gasteiger partial charge < -0.3 is 0 Å². The molecule has 0 aliphatic carbocycles. The number of para-hydroxylation sites is 1. The molecule has 4 aromatic rings. The summed E-state index contributed by atoms with van der Waals surface area (Å²) in [6, 6.07) is 20.8. The van der Waals surface area contributed by atoms with Crippen LogP contribution in [0.2, 0.25) is 0 Å². The number of aromatic nitrogens is 3. The zero-order valence-corrected chi connectivity index (χ0v) is 16.5. The monoisotopic (exact) mass is 442 g/mol. The summed E-state index contributed by atoms with van der Waals surface area (Å²) in [6.07, 6.45) is -4.68. The molecule has 0 saturated heterocycles. The van der Waals surface area contributed by atoms with E-state index in [4.69, 9.17) is 0 Å². The van der Waals surface area contributed by atoms with Crippen molar-refractivity contribution in [1.29, 1.82) is 0 Å². The Morgan fingerprint density at radius 2 is 1.55 bits per heavy atom. The molecule has 0 aliphatic heterocycles. The minimum Gasteiger partial charge on any atom is -0.270 e. The van der Waals surface area contributed by atoms with Crippen LogP contribution in [0.3, 0.4) is 0 Å². The highest BCUT2D eigenvalue weighted by Crippen LogP contribution is 2.40. The predicted octanol–water partition coefficient (Wildman–Crippen LogP) is 6.01. The van der Waals surface area contributed by atoms with Gasteiger partial charge in [-0.15, -0.1) is 10.2 Å². The molecule has 0 fully saturated rings. The Balaban J connectivity index is 1.83. The molecule has 0 amide bonds. The summed E-state index contributed by atoms with van der Waals surface area (Å²) in [5, 5.41) is 20.1. The smallest absolute Gasteiger partial charge is 0.270 e. The fraction of sp³-hybridized carbons (Fsp3) is 0.0476. The number of nitro benzene ring substituents is 1. The number of rotatable bonds is 5. The SMILES string of the molecule is O=[N+]([O-])c1cc(C(F)(F)F)ccc1Sc1nnc(-c2ccccc2)n1-c1ccccc1. The Bertz CT molecular complexity index is 1230. The lowest BCUT2D eigenvalue weighted by Crippen LogP contribution is -2.06. The zero-order chi connectivity index (χ0) is 22.0. The molecule has 156 valence electrons. The van der Waals surface area contributed by atoms with Gasteiger partial charge in [-0.05, 0) is 36.0 Å². The summed E-state index contributed by atoms with van der Waals surface area (Å²) in [5.41, 5.74) is -0.252. The number of hydrogen-bond acceptors (Lipinski definition) is 5. The third-order valence-electron chi connectivity index (χ3n) is 4.36. The molecule has 0 radical (unpaired) electrons. The molecule has 0 bridgehead atoms. The summed E-state index contributed by atoms with van der Waals surface area (Å²) in [5.74, 6) is 0.504. The highest BCUT2D eigenvalue weighted by atomic mass is 32.2. The molecule has 0 unspecified atom stereocenters. The van der Waals surface area contributed by atoms with Gasteiger partial charge in [0.2, 0.25) is 5.16 Å². The summed E-state index contributed by atoms with van der Waals surface area (Å²) >= 11 is 0.879. The summed E-state index contributed by atoms with van der Waals surface area (Å²) in [7, 11) is 0. The predicted molar refractivity (Wildman–Crippen MR) is 109 cm³/mol. The summed E-state index contributed by atoms with van der Waals surface area (Å²) in [6.45, 7) is 0. The van der Waals surface area contributed by atoms with E-state index in [9.17, 15) is 23.3 Å². The first-order valence-corrected chi connectivity index (χ1v) is 9.76. The van der Waals surface area contributed by atoms with Gasteiger partial charge in [0, 0.05) is 17.3 Å². The van der Waals surface area contributed by atoms with Crippen LogP contribution in [0.15, 0.2) is 88.9 Å². The van der Waals surface area contributed by atoms with Crippen molar-refractivity contribution in [3.05, 3.63) is 94.5 Å². The number of nitro groups is 1. The van der Waals surface area contributed by atoms with Crippen LogP contribution in [0.4, 0.5) is 18.9 Å². The van der Waals surface area contributed by atoms with Gasteiger partial charge >= 0.3 is 6.18 Å². The van der Waals surface area contributed by atoms with Gasteiger partial charge in [0.1, 0.15) is 0 Å². The highest BCUT2D eigenvalue weighted by molar-refractivity contribution is 7.99. The number of alkyl halides is 3. The van der Waals surface area contributed by atoms with Crippen LogP contribution >= 0.6 is 11.8 Å². The lowest BCUT2D eigenvalue weighted by Gasteiger charge is -2.11. The van der Waals surface area contributed by atoms with Crippen LogP contribution in [-0.2, 0) is 6.18 Å². The van der Waals surface area contributed by atoms with Crippen LogP contribution in [-0.4, -0.2) is 19.7 Å². The Kier molecular flexibility index (Phi) is 5.47. The zero-order valence-electron chi connectivity index (χ0n) is 15.7. The molecule has 31 heavy (non-hydrogen) atoms. The molecule has 6 nitrogen and oxygen atoms in total.